The zero-order chi connectivity index (χ0) is 14.8. The van der Waals surface area contributed by atoms with Crippen LogP contribution >= 0.6 is 11.3 Å². The van der Waals surface area contributed by atoms with Crippen molar-refractivity contribution in [3.05, 3.63) is 59.0 Å². The van der Waals surface area contributed by atoms with Crippen molar-refractivity contribution in [2.24, 2.45) is 7.05 Å². The Kier molecular flexibility index (Phi) is 3.62. The van der Waals surface area contributed by atoms with Gasteiger partial charge < -0.3 is 9.88 Å². The van der Waals surface area contributed by atoms with E-state index in [9.17, 15) is 4.79 Å². The number of nitrogens with one attached hydrogen (secondary N) is 1. The lowest BCUT2D eigenvalue weighted by Crippen LogP contribution is -2.23. The quantitative estimate of drug-likeness (QED) is 0.805. The van der Waals surface area contributed by atoms with Crippen LogP contribution in [0.1, 0.15) is 21.6 Å². The van der Waals surface area contributed by atoms with E-state index in [-0.39, 0.29) is 5.91 Å². The van der Waals surface area contributed by atoms with Gasteiger partial charge in [0.25, 0.3) is 5.91 Å². The Labute approximate surface area is 126 Å². The van der Waals surface area contributed by atoms with E-state index in [4.69, 9.17) is 0 Å². The first kappa shape index (κ1) is 13.6. The molecule has 0 atom stereocenters. The summed E-state index contributed by atoms with van der Waals surface area (Å²) in [7, 11) is 1.83. The van der Waals surface area contributed by atoms with Crippen LogP contribution in [0.25, 0.3) is 5.00 Å². The van der Waals surface area contributed by atoms with Crippen molar-refractivity contribution in [2.75, 3.05) is 0 Å². The van der Waals surface area contributed by atoms with E-state index in [1.807, 2.05) is 49.9 Å². The highest BCUT2D eigenvalue weighted by atomic mass is 32.1. The summed E-state index contributed by atoms with van der Waals surface area (Å²) in [6.45, 7) is 2.39. The van der Waals surface area contributed by atoms with Gasteiger partial charge in [-0.2, -0.15) is 5.10 Å². The van der Waals surface area contributed by atoms with Crippen molar-refractivity contribution in [3.8, 4) is 5.00 Å². The summed E-state index contributed by atoms with van der Waals surface area (Å²) in [5.41, 5.74) is 2.59. The fraction of sp³-hybridized carbons (Fsp3) is 0.200. The second kappa shape index (κ2) is 5.57. The summed E-state index contributed by atoms with van der Waals surface area (Å²) in [6, 6.07) is 6.01. The van der Waals surface area contributed by atoms with Gasteiger partial charge in [0, 0.05) is 37.2 Å². The lowest BCUT2D eigenvalue weighted by atomic mass is 10.2. The van der Waals surface area contributed by atoms with Gasteiger partial charge in [-0.3, -0.25) is 9.48 Å². The topological polar surface area (TPSA) is 51.9 Å². The highest BCUT2D eigenvalue weighted by molar-refractivity contribution is 7.12. The normalized spacial score (nSPS) is 10.8. The number of carbonyl (C=O) groups excluding carboxylic acids is 1. The van der Waals surface area contributed by atoms with Crippen LogP contribution in [0, 0.1) is 6.92 Å². The molecule has 3 aromatic heterocycles. The SMILES string of the molecule is Cc1c(C(=O)NCc2ccsc2-n2cccc2)cnn1C. The molecule has 1 N–H and O–H groups in total. The Morgan fingerprint density at radius 1 is 1.38 bits per heavy atom. The van der Waals surface area contributed by atoms with Gasteiger partial charge in [-0.15, -0.1) is 11.3 Å². The molecule has 0 aliphatic carbocycles. The molecule has 0 aliphatic rings. The lowest BCUT2D eigenvalue weighted by molar-refractivity contribution is 0.0950. The second-order valence-corrected chi connectivity index (χ2v) is 5.69. The number of thiophene rings is 1. The largest absolute Gasteiger partial charge is 0.348 e. The second-order valence-electron chi connectivity index (χ2n) is 4.79. The number of hydrogen-bond acceptors (Lipinski definition) is 3. The molecule has 3 rings (SSSR count). The van der Waals surface area contributed by atoms with Crippen molar-refractivity contribution in [1.82, 2.24) is 19.7 Å². The van der Waals surface area contributed by atoms with Crippen LogP contribution in [0.5, 0.6) is 0 Å². The van der Waals surface area contributed by atoms with Crippen LogP contribution in [0.2, 0.25) is 0 Å². The third-order valence-corrected chi connectivity index (χ3v) is 4.45. The number of rotatable bonds is 4. The fourth-order valence-electron chi connectivity index (χ4n) is 2.15. The van der Waals surface area contributed by atoms with Crippen LogP contribution in [0.4, 0.5) is 0 Å². The van der Waals surface area contributed by atoms with Crippen molar-refractivity contribution >= 4 is 17.2 Å². The maximum Gasteiger partial charge on any atom is 0.255 e. The number of hydrogen-bond donors (Lipinski definition) is 1. The number of aryl methyl sites for hydroxylation is 1. The van der Waals surface area contributed by atoms with Crippen molar-refractivity contribution in [1.29, 1.82) is 0 Å². The Bertz CT molecular complexity index is 755. The summed E-state index contributed by atoms with van der Waals surface area (Å²) < 4.78 is 3.76. The highest BCUT2D eigenvalue weighted by Crippen LogP contribution is 2.21. The monoisotopic (exact) mass is 300 g/mol. The van der Waals surface area contributed by atoms with Crippen LogP contribution in [-0.2, 0) is 13.6 Å². The molecule has 0 unspecified atom stereocenters. The highest BCUT2D eigenvalue weighted by Gasteiger charge is 2.13. The Balaban J connectivity index is 1.73. The van der Waals surface area contributed by atoms with Gasteiger partial charge in [-0.25, -0.2) is 0 Å². The van der Waals surface area contributed by atoms with E-state index >= 15 is 0 Å². The van der Waals surface area contributed by atoms with Gasteiger partial charge >= 0.3 is 0 Å². The molecule has 21 heavy (non-hydrogen) atoms. The molecule has 0 aromatic carbocycles. The summed E-state index contributed by atoms with van der Waals surface area (Å²) in [5.74, 6) is -0.0924. The first-order valence-corrected chi connectivity index (χ1v) is 7.51. The predicted molar refractivity (Wildman–Crippen MR) is 82.8 cm³/mol. The fourth-order valence-corrected chi connectivity index (χ4v) is 3.05. The van der Waals surface area contributed by atoms with E-state index in [0.29, 0.717) is 12.1 Å². The van der Waals surface area contributed by atoms with Gasteiger partial charge in [0.05, 0.1) is 11.8 Å². The molecule has 0 spiro atoms. The van der Waals surface area contributed by atoms with E-state index in [0.717, 1.165) is 16.3 Å². The molecule has 0 saturated carbocycles. The maximum atomic E-state index is 12.2. The zero-order valence-electron chi connectivity index (χ0n) is 11.9. The Morgan fingerprint density at radius 3 is 2.81 bits per heavy atom. The van der Waals surface area contributed by atoms with Crippen molar-refractivity contribution < 1.29 is 4.79 Å². The molecule has 0 bridgehead atoms. The third-order valence-electron chi connectivity index (χ3n) is 3.48. The van der Waals surface area contributed by atoms with Crippen molar-refractivity contribution in [3.63, 3.8) is 0 Å². The smallest absolute Gasteiger partial charge is 0.255 e. The number of nitrogens with zero attached hydrogens (tertiary/aromatic N) is 3. The first-order valence-electron chi connectivity index (χ1n) is 6.63. The minimum Gasteiger partial charge on any atom is -0.348 e. The number of aromatic nitrogens is 3. The van der Waals surface area contributed by atoms with Gasteiger partial charge in [0.2, 0.25) is 0 Å². The molecule has 3 heterocycles. The molecule has 108 valence electrons. The predicted octanol–water partition coefficient (Wildman–Crippen LogP) is 2.51. The van der Waals surface area contributed by atoms with Crippen LogP contribution in [-0.4, -0.2) is 20.3 Å². The average molecular weight is 300 g/mol. The summed E-state index contributed by atoms with van der Waals surface area (Å²) >= 11 is 1.66. The summed E-state index contributed by atoms with van der Waals surface area (Å²) in [5, 5.41) is 10.2. The maximum absolute atomic E-state index is 12.2. The first-order chi connectivity index (χ1) is 10.2. The molecular formula is C15H16N4OS. The summed E-state index contributed by atoms with van der Waals surface area (Å²) in [4.78, 5) is 12.2. The minimum atomic E-state index is -0.0924. The molecule has 0 fully saturated rings. The van der Waals surface area contributed by atoms with Gasteiger partial charge in [0.15, 0.2) is 0 Å². The molecule has 0 radical (unpaired) electrons. The molecular weight excluding hydrogens is 284 g/mol. The van der Waals surface area contributed by atoms with Gasteiger partial charge in [-0.1, -0.05) is 0 Å². The molecule has 1 amide bonds. The minimum absolute atomic E-state index is 0.0924. The van der Waals surface area contributed by atoms with Crippen LogP contribution < -0.4 is 5.32 Å². The van der Waals surface area contributed by atoms with Gasteiger partial charge in [0.1, 0.15) is 5.00 Å². The Hall–Kier alpha value is -2.34. The van der Waals surface area contributed by atoms with E-state index in [1.54, 1.807) is 22.2 Å². The zero-order valence-corrected chi connectivity index (χ0v) is 12.7. The summed E-state index contributed by atoms with van der Waals surface area (Å²) in [6.07, 6.45) is 5.61. The lowest BCUT2D eigenvalue weighted by Gasteiger charge is -2.07. The Morgan fingerprint density at radius 2 is 2.14 bits per heavy atom. The molecule has 6 heteroatoms. The van der Waals surface area contributed by atoms with Crippen LogP contribution in [0.3, 0.4) is 0 Å². The van der Waals surface area contributed by atoms with E-state index in [2.05, 4.69) is 15.0 Å². The molecule has 0 aliphatic heterocycles. The molecule has 3 aromatic rings. The standard InChI is InChI=1S/C15H16N4OS/c1-11-13(10-17-18(11)2)14(20)16-9-12-5-8-21-15(12)19-6-3-4-7-19/h3-8,10H,9H2,1-2H3,(H,16,20). The van der Waals surface area contributed by atoms with Crippen molar-refractivity contribution in [2.45, 2.75) is 13.5 Å². The number of amides is 1. The third kappa shape index (κ3) is 2.62. The van der Waals surface area contributed by atoms with Gasteiger partial charge in [-0.05, 0) is 30.5 Å². The average Bonchev–Trinajstić information content (AvgIpc) is 3.19. The van der Waals surface area contributed by atoms with E-state index < -0.39 is 0 Å². The molecule has 0 saturated heterocycles. The van der Waals surface area contributed by atoms with Crippen LogP contribution in [0.15, 0.2) is 42.2 Å². The molecule has 5 nitrogen and oxygen atoms in total. The number of carbonyl (C=O) groups is 1. The van der Waals surface area contributed by atoms with E-state index in [1.165, 1.54) is 0 Å².